The van der Waals surface area contributed by atoms with Gasteiger partial charge in [0, 0.05) is 18.8 Å². The standard InChI is InChI=1S/C15H23N3O2/c1-3-18(13-6-4-5-12(13)10-16)14-9-11(7-8-17-14)15(19)20-2/h7-9,12-13H,3-6,10,16H2,1-2H3. The number of ether oxygens (including phenoxy) is 1. The fraction of sp³-hybridized carbons (Fsp3) is 0.600. The topological polar surface area (TPSA) is 68.5 Å². The van der Waals surface area contributed by atoms with Crippen molar-refractivity contribution in [2.24, 2.45) is 11.7 Å². The maximum atomic E-state index is 11.6. The summed E-state index contributed by atoms with van der Waals surface area (Å²) in [5, 5.41) is 0. The van der Waals surface area contributed by atoms with Crippen LogP contribution in [0, 0.1) is 5.92 Å². The van der Waals surface area contributed by atoms with E-state index in [2.05, 4.69) is 16.8 Å². The summed E-state index contributed by atoms with van der Waals surface area (Å²) in [5.74, 6) is 1.02. The number of carbonyl (C=O) groups excluding carboxylic acids is 1. The van der Waals surface area contributed by atoms with Crippen LogP contribution in [0.4, 0.5) is 5.82 Å². The van der Waals surface area contributed by atoms with E-state index in [4.69, 9.17) is 10.5 Å². The van der Waals surface area contributed by atoms with Gasteiger partial charge in [0.05, 0.1) is 12.7 Å². The molecule has 1 aromatic rings. The fourth-order valence-corrected chi connectivity index (χ4v) is 3.09. The van der Waals surface area contributed by atoms with Gasteiger partial charge in [-0.3, -0.25) is 0 Å². The van der Waals surface area contributed by atoms with E-state index in [-0.39, 0.29) is 5.97 Å². The van der Waals surface area contributed by atoms with Crippen molar-refractivity contribution in [2.75, 3.05) is 25.1 Å². The van der Waals surface area contributed by atoms with Crippen molar-refractivity contribution >= 4 is 11.8 Å². The Kier molecular flexibility index (Phi) is 4.95. The summed E-state index contributed by atoms with van der Waals surface area (Å²) in [6, 6.07) is 3.91. The highest BCUT2D eigenvalue weighted by atomic mass is 16.5. The van der Waals surface area contributed by atoms with Crippen LogP contribution in [0.5, 0.6) is 0 Å². The second-order valence-electron chi connectivity index (χ2n) is 5.17. The van der Waals surface area contributed by atoms with Gasteiger partial charge in [0.25, 0.3) is 0 Å². The molecule has 0 aliphatic heterocycles. The second-order valence-corrected chi connectivity index (χ2v) is 5.17. The zero-order valence-corrected chi connectivity index (χ0v) is 12.2. The summed E-state index contributed by atoms with van der Waals surface area (Å²) in [6.45, 7) is 3.68. The average Bonchev–Trinajstić information content (AvgIpc) is 2.96. The van der Waals surface area contributed by atoms with Crippen LogP contribution in [0.2, 0.25) is 0 Å². The van der Waals surface area contributed by atoms with Crippen LogP contribution >= 0.6 is 0 Å². The lowest BCUT2D eigenvalue weighted by molar-refractivity contribution is 0.0600. The van der Waals surface area contributed by atoms with Gasteiger partial charge in [-0.05, 0) is 44.4 Å². The number of nitrogens with two attached hydrogens (primary N) is 1. The first-order valence-electron chi connectivity index (χ1n) is 7.22. The molecule has 0 bridgehead atoms. The number of pyridine rings is 1. The summed E-state index contributed by atoms with van der Waals surface area (Å²) in [5.41, 5.74) is 6.41. The molecule has 1 aliphatic carbocycles. The smallest absolute Gasteiger partial charge is 0.338 e. The molecule has 1 aromatic heterocycles. The number of methoxy groups -OCH3 is 1. The molecule has 5 heteroatoms. The number of rotatable bonds is 5. The number of aromatic nitrogens is 1. The van der Waals surface area contributed by atoms with Crippen LogP contribution in [0.15, 0.2) is 18.3 Å². The average molecular weight is 277 g/mol. The molecule has 1 aliphatic rings. The van der Waals surface area contributed by atoms with Crippen molar-refractivity contribution in [3.05, 3.63) is 23.9 Å². The van der Waals surface area contributed by atoms with E-state index in [9.17, 15) is 4.79 Å². The van der Waals surface area contributed by atoms with Gasteiger partial charge in [-0.25, -0.2) is 9.78 Å². The van der Waals surface area contributed by atoms with Crippen molar-refractivity contribution in [2.45, 2.75) is 32.2 Å². The van der Waals surface area contributed by atoms with Gasteiger partial charge >= 0.3 is 5.97 Å². The highest BCUT2D eigenvalue weighted by Gasteiger charge is 2.31. The molecule has 2 rings (SSSR count). The van der Waals surface area contributed by atoms with Crippen molar-refractivity contribution in [1.29, 1.82) is 0 Å². The van der Waals surface area contributed by atoms with Crippen LogP contribution in [0.3, 0.4) is 0 Å². The van der Waals surface area contributed by atoms with E-state index in [1.165, 1.54) is 20.0 Å². The highest BCUT2D eigenvalue weighted by molar-refractivity contribution is 5.90. The summed E-state index contributed by atoms with van der Waals surface area (Å²) >= 11 is 0. The van der Waals surface area contributed by atoms with Crippen LogP contribution in [0.25, 0.3) is 0 Å². The normalized spacial score (nSPS) is 21.8. The molecule has 0 radical (unpaired) electrons. The number of nitrogens with zero attached hydrogens (tertiary/aromatic N) is 2. The van der Waals surface area contributed by atoms with Crippen molar-refractivity contribution < 1.29 is 9.53 Å². The largest absolute Gasteiger partial charge is 0.465 e. The molecular weight excluding hydrogens is 254 g/mol. The molecule has 110 valence electrons. The third kappa shape index (κ3) is 2.93. The van der Waals surface area contributed by atoms with Gasteiger partial charge in [0.15, 0.2) is 0 Å². The van der Waals surface area contributed by atoms with E-state index in [1.807, 2.05) is 0 Å². The molecule has 1 fully saturated rings. The van der Waals surface area contributed by atoms with Crippen LogP contribution in [0.1, 0.15) is 36.5 Å². The first-order chi connectivity index (χ1) is 9.71. The van der Waals surface area contributed by atoms with E-state index in [1.54, 1.807) is 18.3 Å². The van der Waals surface area contributed by atoms with Crippen molar-refractivity contribution in [3.63, 3.8) is 0 Å². The van der Waals surface area contributed by atoms with E-state index in [0.29, 0.717) is 24.1 Å². The van der Waals surface area contributed by atoms with E-state index >= 15 is 0 Å². The number of hydrogen-bond acceptors (Lipinski definition) is 5. The quantitative estimate of drug-likeness (QED) is 0.831. The summed E-state index contributed by atoms with van der Waals surface area (Å²) < 4.78 is 4.77. The van der Waals surface area contributed by atoms with Gasteiger partial charge in [-0.2, -0.15) is 0 Å². The molecule has 0 saturated heterocycles. The summed E-state index contributed by atoms with van der Waals surface area (Å²) in [4.78, 5) is 18.3. The third-order valence-corrected chi connectivity index (χ3v) is 4.12. The Morgan fingerprint density at radius 2 is 2.35 bits per heavy atom. The number of anilines is 1. The molecule has 1 saturated carbocycles. The molecular formula is C15H23N3O2. The lowest BCUT2D eigenvalue weighted by atomic mass is 10.0. The monoisotopic (exact) mass is 277 g/mol. The molecule has 2 unspecified atom stereocenters. The number of esters is 1. The SMILES string of the molecule is CCN(c1cc(C(=O)OC)ccn1)C1CCCC1CN. The molecule has 20 heavy (non-hydrogen) atoms. The van der Waals surface area contributed by atoms with Crippen molar-refractivity contribution in [3.8, 4) is 0 Å². The summed E-state index contributed by atoms with van der Waals surface area (Å²) in [7, 11) is 1.39. The Morgan fingerprint density at radius 1 is 1.55 bits per heavy atom. The maximum absolute atomic E-state index is 11.6. The number of carbonyl (C=O) groups is 1. The van der Waals surface area contributed by atoms with Gasteiger partial charge in [-0.15, -0.1) is 0 Å². The number of hydrogen-bond donors (Lipinski definition) is 1. The molecule has 1 heterocycles. The zero-order valence-electron chi connectivity index (χ0n) is 12.2. The van der Waals surface area contributed by atoms with Crippen LogP contribution in [-0.2, 0) is 4.74 Å². The van der Waals surface area contributed by atoms with Gasteiger partial charge < -0.3 is 15.4 Å². The molecule has 0 spiro atoms. The Hall–Kier alpha value is -1.62. The van der Waals surface area contributed by atoms with Crippen molar-refractivity contribution in [1.82, 2.24) is 4.98 Å². The first kappa shape index (κ1) is 14.8. The van der Waals surface area contributed by atoms with Gasteiger partial charge in [0.1, 0.15) is 5.82 Å². The lowest BCUT2D eigenvalue weighted by Crippen LogP contribution is -2.41. The predicted molar refractivity (Wildman–Crippen MR) is 78.8 cm³/mol. The predicted octanol–water partition coefficient (Wildman–Crippen LogP) is 1.82. The third-order valence-electron chi connectivity index (χ3n) is 4.12. The molecule has 2 atom stereocenters. The molecule has 2 N–H and O–H groups in total. The van der Waals surface area contributed by atoms with Gasteiger partial charge in [-0.1, -0.05) is 6.42 Å². The zero-order chi connectivity index (χ0) is 14.5. The summed E-state index contributed by atoms with van der Waals surface area (Å²) in [6.07, 6.45) is 5.19. The Balaban J connectivity index is 2.25. The minimum absolute atomic E-state index is 0.327. The minimum Gasteiger partial charge on any atom is -0.465 e. The fourth-order valence-electron chi connectivity index (χ4n) is 3.09. The van der Waals surface area contributed by atoms with Crippen LogP contribution in [-0.4, -0.2) is 37.2 Å². The van der Waals surface area contributed by atoms with E-state index < -0.39 is 0 Å². The Labute approximate surface area is 120 Å². The molecule has 0 aromatic carbocycles. The molecule has 0 amide bonds. The first-order valence-corrected chi connectivity index (χ1v) is 7.22. The van der Waals surface area contributed by atoms with Crippen LogP contribution < -0.4 is 10.6 Å². The van der Waals surface area contributed by atoms with E-state index in [0.717, 1.165) is 18.8 Å². The lowest BCUT2D eigenvalue weighted by Gasteiger charge is -2.33. The second kappa shape index (κ2) is 6.70. The Bertz CT molecular complexity index is 464. The highest BCUT2D eigenvalue weighted by Crippen LogP contribution is 2.31. The van der Waals surface area contributed by atoms with Gasteiger partial charge in [0.2, 0.25) is 0 Å². The Morgan fingerprint density at radius 3 is 3.00 bits per heavy atom. The molecule has 5 nitrogen and oxygen atoms in total. The maximum Gasteiger partial charge on any atom is 0.338 e. The minimum atomic E-state index is -0.327.